The van der Waals surface area contributed by atoms with E-state index >= 15 is 0 Å². The number of aliphatic imine (C=N–C) groups is 1. The largest absolute Gasteiger partial charge is 0.506 e. The molecule has 12 heteroatoms. The van der Waals surface area contributed by atoms with E-state index in [9.17, 15) is 29.7 Å². The van der Waals surface area contributed by atoms with Crippen LogP contribution in [-0.4, -0.2) is 58.1 Å². The summed E-state index contributed by atoms with van der Waals surface area (Å²) >= 11 is 6.48. The second kappa shape index (κ2) is 12.8. The van der Waals surface area contributed by atoms with Gasteiger partial charge in [0, 0.05) is 27.8 Å². The summed E-state index contributed by atoms with van der Waals surface area (Å²) in [5.41, 5.74) is 1.07. The molecule has 1 unspecified atom stereocenters. The number of carbonyl (C=O) groups is 3. The summed E-state index contributed by atoms with van der Waals surface area (Å²) in [6.07, 6.45) is 1.22. The fourth-order valence-electron chi connectivity index (χ4n) is 3.67. The Kier molecular flexibility index (Phi) is 9.85. The molecule has 1 aliphatic rings. The van der Waals surface area contributed by atoms with Crippen molar-refractivity contribution < 1.29 is 29.7 Å². The van der Waals surface area contributed by atoms with Crippen molar-refractivity contribution in [3.63, 3.8) is 0 Å². The molecule has 0 aliphatic carbocycles. The minimum atomic E-state index is -1.17. The van der Waals surface area contributed by atoms with Crippen molar-refractivity contribution in [3.05, 3.63) is 56.5 Å². The highest BCUT2D eigenvalue weighted by Gasteiger charge is 2.23. The average Bonchev–Trinajstić information content (AvgIpc) is 3.03. The maximum Gasteiger partial charge on any atom is 0.305 e. The Morgan fingerprint density at radius 1 is 1.14 bits per heavy atom. The Hall–Kier alpha value is -2.96. The fourth-order valence-corrected chi connectivity index (χ4v) is 4.93. The quantitative estimate of drug-likeness (QED) is 0.262. The van der Waals surface area contributed by atoms with Gasteiger partial charge < -0.3 is 31.3 Å². The van der Waals surface area contributed by atoms with Gasteiger partial charge in [-0.1, -0.05) is 22.0 Å². The molecule has 0 spiro atoms. The van der Waals surface area contributed by atoms with Gasteiger partial charge in [0.05, 0.1) is 23.5 Å². The number of aromatic hydroxyl groups is 1. The molecule has 0 saturated heterocycles. The Morgan fingerprint density at radius 2 is 1.92 bits per heavy atom. The number of hydrogen-bond acceptors (Lipinski definition) is 7. The molecule has 0 saturated carbocycles. The molecule has 2 aromatic carbocycles. The third kappa shape index (κ3) is 7.77. The second-order valence-electron chi connectivity index (χ2n) is 8.21. The molecule has 2 atom stereocenters. The SMILES string of the molecule is O=C(O)C[C@H](NC(=O)CNC(=O)c1cccc(NC2=NCCCCC2O)c1)c1cc(Br)cc(Br)c1O. The van der Waals surface area contributed by atoms with Gasteiger partial charge in [-0.05, 0) is 65.5 Å². The van der Waals surface area contributed by atoms with E-state index in [0.29, 0.717) is 33.4 Å². The summed E-state index contributed by atoms with van der Waals surface area (Å²) in [7, 11) is 0. The predicted octanol–water partition coefficient (Wildman–Crippen LogP) is 3.33. The van der Waals surface area contributed by atoms with E-state index in [0.717, 1.165) is 12.8 Å². The number of carboxylic acids is 1. The number of phenols is 1. The molecule has 6 N–H and O–H groups in total. The fraction of sp³-hybridized carbons (Fsp3) is 0.333. The smallest absolute Gasteiger partial charge is 0.305 e. The Bertz CT molecular complexity index is 1170. The van der Waals surface area contributed by atoms with Crippen LogP contribution in [0.15, 0.2) is 50.3 Å². The van der Waals surface area contributed by atoms with Gasteiger partial charge in [-0.15, -0.1) is 0 Å². The van der Waals surface area contributed by atoms with Crippen LogP contribution in [0.5, 0.6) is 5.75 Å². The lowest BCUT2D eigenvalue weighted by atomic mass is 10.0. The number of halogens is 2. The summed E-state index contributed by atoms with van der Waals surface area (Å²) < 4.78 is 0.913. The van der Waals surface area contributed by atoms with Crippen molar-refractivity contribution in [1.82, 2.24) is 10.6 Å². The van der Waals surface area contributed by atoms with Crippen LogP contribution in [0.2, 0.25) is 0 Å². The maximum absolute atomic E-state index is 12.6. The van der Waals surface area contributed by atoms with Gasteiger partial charge in [-0.2, -0.15) is 0 Å². The first-order valence-electron chi connectivity index (χ1n) is 11.2. The Balaban J connectivity index is 1.63. The minimum absolute atomic E-state index is 0.193. The van der Waals surface area contributed by atoms with E-state index in [2.05, 4.69) is 52.8 Å². The summed E-state index contributed by atoms with van der Waals surface area (Å²) in [6.45, 7) is 0.209. The standard InChI is InChI=1S/C24H26Br2N4O6/c25-14-9-16(22(35)17(26)10-14)18(11-21(33)34)30-20(32)12-28-24(36)13-4-3-5-15(8-13)29-23-19(31)6-1-2-7-27-23/h3-5,8-10,18-19,31,35H,1-2,6-7,11-12H2,(H,27,29)(H,28,36)(H,30,32)(H,33,34)/t18-,19?/m0/s1. The molecule has 192 valence electrons. The molecule has 0 aromatic heterocycles. The van der Waals surface area contributed by atoms with Crippen molar-refractivity contribution >= 4 is 61.2 Å². The molecule has 0 radical (unpaired) electrons. The number of nitrogens with zero attached hydrogens (tertiary/aromatic N) is 1. The van der Waals surface area contributed by atoms with Crippen molar-refractivity contribution in [2.45, 2.75) is 37.8 Å². The van der Waals surface area contributed by atoms with Gasteiger partial charge >= 0.3 is 5.97 Å². The number of amidine groups is 1. The summed E-state index contributed by atoms with van der Waals surface area (Å²) in [5, 5.41) is 38.0. The zero-order chi connectivity index (χ0) is 26.2. The lowest BCUT2D eigenvalue weighted by Gasteiger charge is -2.20. The summed E-state index contributed by atoms with van der Waals surface area (Å²) in [5.74, 6) is -2.05. The van der Waals surface area contributed by atoms with Gasteiger partial charge in [0.25, 0.3) is 5.91 Å². The maximum atomic E-state index is 12.6. The molecule has 0 fully saturated rings. The van der Waals surface area contributed by atoms with Crippen LogP contribution in [0.25, 0.3) is 0 Å². The molecule has 10 nitrogen and oxygen atoms in total. The summed E-state index contributed by atoms with van der Waals surface area (Å²) in [6, 6.07) is 8.64. The first-order chi connectivity index (χ1) is 17.1. The summed E-state index contributed by atoms with van der Waals surface area (Å²) in [4.78, 5) is 40.9. The number of amides is 2. The van der Waals surface area contributed by atoms with Crippen LogP contribution in [0.3, 0.4) is 0 Å². The molecular weight excluding hydrogens is 600 g/mol. The van der Waals surface area contributed by atoms with E-state index in [4.69, 9.17) is 0 Å². The van der Waals surface area contributed by atoms with Gasteiger partial charge in [0.2, 0.25) is 5.91 Å². The van der Waals surface area contributed by atoms with Crippen molar-refractivity contribution in [1.29, 1.82) is 0 Å². The molecule has 3 rings (SSSR count). The van der Waals surface area contributed by atoms with Crippen LogP contribution in [0.1, 0.15) is 47.6 Å². The average molecular weight is 626 g/mol. The number of phenolic OH excluding ortho intramolecular Hbond substituents is 1. The van der Waals surface area contributed by atoms with E-state index in [-0.39, 0.29) is 16.9 Å². The van der Waals surface area contributed by atoms with Gasteiger partial charge in [-0.3, -0.25) is 19.4 Å². The number of aliphatic carboxylic acids is 1. The van der Waals surface area contributed by atoms with Gasteiger partial charge in [0.15, 0.2) is 0 Å². The first kappa shape index (κ1) is 27.6. The van der Waals surface area contributed by atoms with E-state index < -0.39 is 42.9 Å². The van der Waals surface area contributed by atoms with E-state index in [1.165, 1.54) is 6.07 Å². The van der Waals surface area contributed by atoms with Crippen LogP contribution >= 0.6 is 31.9 Å². The van der Waals surface area contributed by atoms with E-state index in [1.54, 1.807) is 30.3 Å². The Morgan fingerprint density at radius 3 is 2.67 bits per heavy atom. The molecule has 36 heavy (non-hydrogen) atoms. The second-order valence-corrected chi connectivity index (χ2v) is 9.98. The topological polar surface area (TPSA) is 160 Å². The number of anilines is 1. The number of hydrogen-bond donors (Lipinski definition) is 6. The van der Waals surface area contributed by atoms with Crippen LogP contribution < -0.4 is 16.0 Å². The number of aliphatic hydroxyl groups excluding tert-OH is 1. The molecule has 1 heterocycles. The number of benzene rings is 2. The number of rotatable bonds is 8. The molecular formula is C24H26Br2N4O6. The third-order valence-electron chi connectivity index (χ3n) is 5.44. The molecule has 1 aliphatic heterocycles. The highest BCUT2D eigenvalue weighted by Crippen LogP contribution is 2.36. The van der Waals surface area contributed by atoms with Gasteiger partial charge in [0.1, 0.15) is 17.7 Å². The molecule has 2 aromatic rings. The zero-order valence-corrected chi connectivity index (χ0v) is 22.3. The predicted molar refractivity (Wildman–Crippen MR) is 141 cm³/mol. The van der Waals surface area contributed by atoms with E-state index in [1.807, 2.05) is 0 Å². The first-order valence-corrected chi connectivity index (χ1v) is 12.8. The van der Waals surface area contributed by atoms with Gasteiger partial charge in [-0.25, -0.2) is 0 Å². The normalized spacial score (nSPS) is 16.3. The minimum Gasteiger partial charge on any atom is -0.506 e. The molecule has 2 amide bonds. The van der Waals surface area contributed by atoms with Crippen molar-refractivity contribution in [2.75, 3.05) is 18.4 Å². The Labute approximate surface area is 224 Å². The lowest BCUT2D eigenvalue weighted by molar-refractivity contribution is -0.137. The number of aliphatic hydroxyl groups is 1. The van der Waals surface area contributed by atoms with Crippen molar-refractivity contribution in [3.8, 4) is 5.75 Å². The van der Waals surface area contributed by atoms with Crippen LogP contribution in [-0.2, 0) is 9.59 Å². The monoisotopic (exact) mass is 624 g/mol. The highest BCUT2D eigenvalue weighted by atomic mass is 79.9. The lowest BCUT2D eigenvalue weighted by Crippen LogP contribution is -2.39. The van der Waals surface area contributed by atoms with Crippen LogP contribution in [0, 0.1) is 0 Å². The number of carboxylic acid groups (broad SMARTS) is 1. The highest BCUT2D eigenvalue weighted by molar-refractivity contribution is 9.11. The van der Waals surface area contributed by atoms with Crippen LogP contribution in [0.4, 0.5) is 5.69 Å². The third-order valence-corrected chi connectivity index (χ3v) is 6.50. The number of carbonyl (C=O) groups excluding carboxylic acids is 2. The van der Waals surface area contributed by atoms with Crippen molar-refractivity contribution in [2.24, 2.45) is 4.99 Å². The molecule has 0 bridgehead atoms. The zero-order valence-electron chi connectivity index (χ0n) is 19.1. The number of nitrogens with one attached hydrogen (secondary N) is 3.